The normalized spacial score (nSPS) is 13.7. The Balaban J connectivity index is 2.77. The van der Waals surface area contributed by atoms with Crippen molar-refractivity contribution in [1.82, 2.24) is 0 Å². The monoisotopic (exact) mass is 368 g/mol. The molecule has 0 aliphatic heterocycles. The molecule has 3 nitrogen and oxygen atoms in total. The van der Waals surface area contributed by atoms with Crippen molar-refractivity contribution in [3.8, 4) is 0 Å². The van der Waals surface area contributed by atoms with Gasteiger partial charge in [0, 0.05) is 0 Å². The van der Waals surface area contributed by atoms with Crippen molar-refractivity contribution in [3.05, 3.63) is 60.7 Å². The van der Waals surface area contributed by atoms with E-state index in [1.165, 1.54) is 0 Å². The van der Waals surface area contributed by atoms with Gasteiger partial charge in [0.1, 0.15) is 0 Å². The summed E-state index contributed by atoms with van der Waals surface area (Å²) in [4.78, 5) is 0. The van der Waals surface area contributed by atoms with Crippen molar-refractivity contribution in [2.24, 2.45) is 0 Å². The zero-order valence-corrected chi connectivity index (χ0v) is 14.0. The Hall–Kier alpha value is -0.862. The summed E-state index contributed by atoms with van der Waals surface area (Å²) in [5, 5.41) is 0. The first-order chi connectivity index (χ1) is 9.22. The van der Waals surface area contributed by atoms with Crippen LogP contribution in [0.25, 0.3) is 0 Å². The molecule has 2 aromatic rings. The topological polar surface area (TPSA) is 27.7 Å². The zero-order chi connectivity index (χ0) is 13.8. The summed E-state index contributed by atoms with van der Waals surface area (Å²) in [5.41, 5.74) is 0. The van der Waals surface area contributed by atoms with Crippen LogP contribution in [0.1, 0.15) is 0 Å². The second-order valence-corrected chi connectivity index (χ2v) is 15.2. The van der Waals surface area contributed by atoms with Gasteiger partial charge in [-0.3, -0.25) is 0 Å². The molecule has 102 valence electrons. The molecule has 0 radical (unpaired) electrons. The fourth-order valence-corrected chi connectivity index (χ4v) is 12.0. The van der Waals surface area contributed by atoms with Crippen molar-refractivity contribution < 1.29 is 9.05 Å². The molecule has 0 spiro atoms. The van der Waals surface area contributed by atoms with Gasteiger partial charge in [-0.1, -0.05) is 0 Å². The van der Waals surface area contributed by atoms with Gasteiger partial charge < -0.3 is 0 Å². The first-order valence-corrected chi connectivity index (χ1v) is 11.7. The maximum absolute atomic E-state index is 5.95. The number of hydrogen-bond donors (Lipinski definition) is 0. The molecule has 0 aromatic heterocycles. The summed E-state index contributed by atoms with van der Waals surface area (Å²) in [6, 6.07) is 19.9. The fraction of sp³-hybridized carbons (Fsp3) is 0.200. The minimum atomic E-state index is -4.47. The summed E-state index contributed by atoms with van der Waals surface area (Å²) >= 11 is -4.47. The third-order valence-corrected chi connectivity index (χ3v) is 15.9. The van der Waals surface area contributed by atoms with Gasteiger partial charge in [-0.05, 0) is 0 Å². The van der Waals surface area contributed by atoms with Gasteiger partial charge in [0.05, 0.1) is 0 Å². The van der Waals surface area contributed by atoms with Crippen LogP contribution < -0.4 is 7.02 Å². The van der Waals surface area contributed by atoms with Crippen molar-refractivity contribution in [1.29, 1.82) is 0 Å². The first-order valence-electron chi connectivity index (χ1n) is 6.04. The predicted octanol–water partition coefficient (Wildman–Crippen LogP) is 1.63. The van der Waals surface area contributed by atoms with Gasteiger partial charge in [-0.2, -0.15) is 0 Å². The molecule has 0 heterocycles. The van der Waals surface area contributed by atoms with Crippen molar-refractivity contribution >= 4 is 25.7 Å². The molecular formula is C15H19O3Sb. The maximum atomic E-state index is 5.95. The molecule has 0 aliphatic rings. The molecule has 0 unspecified atom stereocenters. The molecule has 19 heavy (non-hydrogen) atoms. The Morgan fingerprint density at radius 1 is 0.579 bits per heavy atom. The third kappa shape index (κ3) is 2.11. The average Bonchev–Trinajstić information content (AvgIpc) is 2.53. The van der Waals surface area contributed by atoms with E-state index in [0.717, 1.165) is 7.02 Å². The zero-order valence-electron chi connectivity index (χ0n) is 11.4. The molecule has 0 bridgehead atoms. The minimum absolute atomic E-state index is 0.981. The summed E-state index contributed by atoms with van der Waals surface area (Å²) in [5.74, 6) is 0. The summed E-state index contributed by atoms with van der Waals surface area (Å²) < 4.78 is 19.8. The van der Waals surface area contributed by atoms with Crippen LogP contribution in [0.3, 0.4) is 0 Å². The predicted molar refractivity (Wildman–Crippen MR) is 78.9 cm³/mol. The molecule has 4 heteroatoms. The molecule has 0 saturated heterocycles. The van der Waals surface area contributed by atoms with E-state index in [1.807, 2.05) is 60.7 Å². The summed E-state index contributed by atoms with van der Waals surface area (Å²) in [6.45, 7) is 0. The Bertz CT molecular complexity index is 469. The molecule has 0 aliphatic carbocycles. The molecule has 2 rings (SSSR count). The van der Waals surface area contributed by atoms with Gasteiger partial charge in [0.15, 0.2) is 0 Å². The van der Waals surface area contributed by atoms with E-state index in [9.17, 15) is 0 Å². The van der Waals surface area contributed by atoms with E-state index in [1.54, 1.807) is 21.3 Å². The quantitative estimate of drug-likeness (QED) is 0.751. The molecule has 0 fully saturated rings. The van der Waals surface area contributed by atoms with Gasteiger partial charge in [-0.15, -0.1) is 0 Å². The van der Waals surface area contributed by atoms with E-state index in [2.05, 4.69) is 0 Å². The van der Waals surface area contributed by atoms with Crippen molar-refractivity contribution in [3.63, 3.8) is 0 Å². The standard InChI is InChI=1S/2C6H5.3CH3O.Sb/c2*1-2-4-6-5-3-1;3*1-2;/h2*1-5H;3*1H3;/q;;3*-1;+3. The average molecular weight is 369 g/mol. The van der Waals surface area contributed by atoms with E-state index >= 15 is 0 Å². The SMILES string of the molecule is C[O][Sb]([O]C)([O]C)([c]1ccccc1)[c]1ccccc1. The van der Waals surface area contributed by atoms with Crippen LogP contribution >= 0.6 is 0 Å². The molecule has 0 amide bonds. The van der Waals surface area contributed by atoms with Crippen LogP contribution in [0.15, 0.2) is 60.7 Å². The van der Waals surface area contributed by atoms with Gasteiger partial charge in [0.25, 0.3) is 0 Å². The Morgan fingerprint density at radius 2 is 0.895 bits per heavy atom. The first kappa shape index (κ1) is 14.5. The molecule has 0 atom stereocenters. The summed E-state index contributed by atoms with van der Waals surface area (Å²) in [6.07, 6.45) is 0. The van der Waals surface area contributed by atoms with Crippen LogP contribution in [0.4, 0.5) is 0 Å². The third-order valence-electron chi connectivity index (χ3n) is 3.40. The number of hydrogen-bond acceptors (Lipinski definition) is 3. The second-order valence-electron chi connectivity index (χ2n) is 4.10. The van der Waals surface area contributed by atoms with Crippen LogP contribution in [-0.4, -0.2) is 40.0 Å². The molecular weight excluding hydrogens is 350 g/mol. The molecule has 2 aromatic carbocycles. The van der Waals surface area contributed by atoms with E-state index in [0.29, 0.717) is 0 Å². The van der Waals surface area contributed by atoms with Gasteiger partial charge in [-0.25, -0.2) is 0 Å². The van der Waals surface area contributed by atoms with Crippen molar-refractivity contribution in [2.45, 2.75) is 0 Å². The van der Waals surface area contributed by atoms with Crippen LogP contribution in [0.2, 0.25) is 0 Å². The van der Waals surface area contributed by atoms with E-state index < -0.39 is 18.7 Å². The van der Waals surface area contributed by atoms with Gasteiger partial charge >= 0.3 is 117 Å². The molecule has 0 N–H and O–H groups in total. The van der Waals surface area contributed by atoms with E-state index in [-0.39, 0.29) is 0 Å². The Morgan fingerprint density at radius 3 is 1.16 bits per heavy atom. The Kier molecular flexibility index (Phi) is 4.32. The molecule has 0 saturated carbocycles. The van der Waals surface area contributed by atoms with Crippen LogP contribution in [-0.2, 0) is 9.05 Å². The van der Waals surface area contributed by atoms with Crippen LogP contribution in [0.5, 0.6) is 0 Å². The Labute approximate surface area is 116 Å². The number of benzene rings is 2. The summed E-state index contributed by atoms with van der Waals surface area (Å²) in [7, 11) is 4.98. The van der Waals surface area contributed by atoms with Gasteiger partial charge in [0.2, 0.25) is 0 Å². The fourth-order valence-electron chi connectivity index (χ4n) is 2.38. The van der Waals surface area contributed by atoms with Crippen LogP contribution in [0, 0.1) is 0 Å². The van der Waals surface area contributed by atoms with Crippen molar-refractivity contribution in [2.75, 3.05) is 21.3 Å². The number of rotatable bonds is 5. The second kappa shape index (κ2) is 5.64. The van der Waals surface area contributed by atoms with E-state index in [4.69, 9.17) is 9.05 Å².